The molecular weight excluding hydrogens is 256 g/mol. The van der Waals surface area contributed by atoms with E-state index >= 15 is 0 Å². The summed E-state index contributed by atoms with van der Waals surface area (Å²) in [5.41, 5.74) is -0.774. The molecule has 8 heteroatoms. The molecule has 8 nitrogen and oxygen atoms in total. The first-order valence-corrected chi connectivity index (χ1v) is 5.57. The number of aliphatic carboxylic acids is 1. The molecular formula is C11H20N2O6. The van der Waals surface area contributed by atoms with Gasteiger partial charge in [0.25, 0.3) is 5.91 Å². The van der Waals surface area contributed by atoms with E-state index in [4.69, 9.17) is 9.84 Å². The number of hydrogen-bond donors (Lipinski definition) is 1. The average Bonchev–Trinajstić information content (AvgIpc) is 2.23. The van der Waals surface area contributed by atoms with Crippen molar-refractivity contribution in [2.75, 3.05) is 27.2 Å². The number of carboxylic acid groups (broad SMARTS) is 1. The molecule has 0 spiro atoms. The van der Waals surface area contributed by atoms with Crippen molar-refractivity contribution in [2.24, 2.45) is 0 Å². The van der Waals surface area contributed by atoms with Gasteiger partial charge in [0.05, 0.1) is 7.11 Å². The molecule has 0 fully saturated rings. The maximum atomic E-state index is 11.8. The van der Waals surface area contributed by atoms with Gasteiger partial charge in [-0.2, -0.15) is 0 Å². The zero-order valence-corrected chi connectivity index (χ0v) is 11.8. The van der Waals surface area contributed by atoms with Crippen LogP contribution in [0, 0.1) is 0 Å². The quantitative estimate of drug-likeness (QED) is 0.727. The standard InChI is InChI=1S/C11H20N2O6/c1-11(2,3)19-10(17)13(7-9(15)16)6-8(14)12(4)18-5/h6-7H2,1-5H3,(H,15,16). The maximum Gasteiger partial charge on any atom is 0.411 e. The number of ether oxygens (including phenoxy) is 1. The number of rotatable bonds is 5. The van der Waals surface area contributed by atoms with Gasteiger partial charge in [-0.15, -0.1) is 0 Å². The number of hydroxylamine groups is 2. The monoisotopic (exact) mass is 276 g/mol. The maximum absolute atomic E-state index is 11.8. The van der Waals surface area contributed by atoms with E-state index in [1.807, 2.05) is 0 Å². The summed E-state index contributed by atoms with van der Waals surface area (Å²) < 4.78 is 5.03. The fourth-order valence-corrected chi connectivity index (χ4v) is 1.04. The van der Waals surface area contributed by atoms with E-state index in [1.165, 1.54) is 14.2 Å². The molecule has 0 saturated heterocycles. The lowest BCUT2D eigenvalue weighted by molar-refractivity contribution is -0.169. The zero-order chi connectivity index (χ0) is 15.2. The van der Waals surface area contributed by atoms with Crippen LogP contribution in [0.25, 0.3) is 0 Å². The molecule has 2 amide bonds. The van der Waals surface area contributed by atoms with Crippen LogP contribution in [0.3, 0.4) is 0 Å². The summed E-state index contributed by atoms with van der Waals surface area (Å²) in [6, 6.07) is 0. The van der Waals surface area contributed by atoms with Crippen LogP contribution < -0.4 is 0 Å². The van der Waals surface area contributed by atoms with E-state index in [-0.39, 0.29) is 0 Å². The lowest BCUT2D eigenvalue weighted by Crippen LogP contribution is -2.45. The molecule has 0 saturated carbocycles. The third-order valence-corrected chi connectivity index (χ3v) is 1.93. The fraction of sp³-hybridized carbons (Fsp3) is 0.727. The minimum absolute atomic E-state index is 0.439. The Bertz CT molecular complexity index is 350. The van der Waals surface area contributed by atoms with Crippen LogP contribution in [0.2, 0.25) is 0 Å². The first kappa shape index (κ1) is 17.2. The van der Waals surface area contributed by atoms with Crippen molar-refractivity contribution in [1.82, 2.24) is 9.96 Å². The molecule has 0 rings (SSSR count). The molecule has 0 bridgehead atoms. The van der Waals surface area contributed by atoms with Crippen LogP contribution in [-0.2, 0) is 19.2 Å². The van der Waals surface area contributed by atoms with Crippen LogP contribution in [0.1, 0.15) is 20.8 Å². The lowest BCUT2D eigenvalue weighted by atomic mass is 10.2. The van der Waals surface area contributed by atoms with Crippen LogP contribution in [-0.4, -0.2) is 65.9 Å². The van der Waals surface area contributed by atoms with Crippen LogP contribution in [0.15, 0.2) is 0 Å². The van der Waals surface area contributed by atoms with E-state index in [0.29, 0.717) is 0 Å². The second-order valence-electron chi connectivity index (χ2n) is 4.80. The van der Waals surface area contributed by atoms with Crippen LogP contribution in [0.4, 0.5) is 4.79 Å². The van der Waals surface area contributed by atoms with Crippen molar-refractivity contribution in [3.05, 3.63) is 0 Å². The van der Waals surface area contributed by atoms with Crippen molar-refractivity contribution in [1.29, 1.82) is 0 Å². The summed E-state index contributed by atoms with van der Waals surface area (Å²) in [5.74, 6) is -1.80. The Morgan fingerprint density at radius 3 is 2.05 bits per heavy atom. The van der Waals surface area contributed by atoms with E-state index in [2.05, 4.69) is 4.84 Å². The molecule has 0 aliphatic carbocycles. The molecule has 0 unspecified atom stereocenters. The van der Waals surface area contributed by atoms with Gasteiger partial charge in [-0.25, -0.2) is 9.86 Å². The Morgan fingerprint density at radius 2 is 1.68 bits per heavy atom. The van der Waals surface area contributed by atoms with Crippen molar-refractivity contribution < 1.29 is 29.1 Å². The van der Waals surface area contributed by atoms with Gasteiger partial charge in [-0.3, -0.25) is 19.3 Å². The zero-order valence-electron chi connectivity index (χ0n) is 11.8. The van der Waals surface area contributed by atoms with E-state index in [1.54, 1.807) is 20.8 Å². The third-order valence-electron chi connectivity index (χ3n) is 1.93. The largest absolute Gasteiger partial charge is 0.480 e. The smallest absolute Gasteiger partial charge is 0.411 e. The summed E-state index contributed by atoms with van der Waals surface area (Å²) in [6.07, 6.45) is -0.868. The lowest BCUT2D eigenvalue weighted by Gasteiger charge is -2.26. The fourth-order valence-electron chi connectivity index (χ4n) is 1.04. The Balaban J connectivity index is 4.77. The van der Waals surface area contributed by atoms with Crippen LogP contribution >= 0.6 is 0 Å². The van der Waals surface area contributed by atoms with Gasteiger partial charge in [-0.1, -0.05) is 0 Å². The molecule has 0 atom stereocenters. The molecule has 0 aromatic heterocycles. The summed E-state index contributed by atoms with van der Waals surface area (Å²) in [5, 5.41) is 9.64. The molecule has 0 aromatic carbocycles. The highest BCUT2D eigenvalue weighted by molar-refractivity contribution is 5.84. The van der Waals surface area contributed by atoms with Gasteiger partial charge in [-0.05, 0) is 20.8 Å². The Kier molecular flexibility index (Phi) is 6.26. The van der Waals surface area contributed by atoms with Crippen molar-refractivity contribution in [3.63, 3.8) is 0 Å². The average molecular weight is 276 g/mol. The predicted octanol–water partition coefficient (Wildman–Crippen LogP) is 0.328. The third kappa shape index (κ3) is 7.24. The molecule has 0 heterocycles. The van der Waals surface area contributed by atoms with Gasteiger partial charge < -0.3 is 9.84 Å². The minimum Gasteiger partial charge on any atom is -0.480 e. The Hall–Kier alpha value is -1.83. The summed E-state index contributed by atoms with van der Waals surface area (Å²) >= 11 is 0. The molecule has 0 aliphatic rings. The van der Waals surface area contributed by atoms with E-state index in [0.717, 1.165) is 9.96 Å². The minimum atomic E-state index is -1.24. The Labute approximate surface area is 111 Å². The predicted molar refractivity (Wildman–Crippen MR) is 65.2 cm³/mol. The van der Waals surface area contributed by atoms with Crippen molar-refractivity contribution in [2.45, 2.75) is 26.4 Å². The van der Waals surface area contributed by atoms with Gasteiger partial charge in [0.1, 0.15) is 18.7 Å². The molecule has 110 valence electrons. The molecule has 19 heavy (non-hydrogen) atoms. The highest BCUT2D eigenvalue weighted by Gasteiger charge is 2.26. The molecule has 0 aliphatic heterocycles. The number of likely N-dealkylation sites (N-methyl/N-ethyl adjacent to an activating group) is 1. The topological polar surface area (TPSA) is 96.4 Å². The van der Waals surface area contributed by atoms with E-state index in [9.17, 15) is 14.4 Å². The van der Waals surface area contributed by atoms with E-state index < -0.39 is 36.7 Å². The van der Waals surface area contributed by atoms with Crippen LogP contribution in [0.5, 0.6) is 0 Å². The summed E-state index contributed by atoms with van der Waals surface area (Å²) in [7, 11) is 2.64. The van der Waals surface area contributed by atoms with Gasteiger partial charge in [0.15, 0.2) is 0 Å². The number of hydrogen-bond acceptors (Lipinski definition) is 5. The SMILES string of the molecule is CON(C)C(=O)CN(CC(=O)O)C(=O)OC(C)(C)C. The number of amides is 2. The number of carbonyl (C=O) groups excluding carboxylic acids is 2. The second kappa shape index (κ2) is 6.93. The molecule has 0 radical (unpaired) electrons. The molecule has 1 N–H and O–H groups in total. The highest BCUT2D eigenvalue weighted by Crippen LogP contribution is 2.10. The number of carboxylic acids is 1. The van der Waals surface area contributed by atoms with Crippen molar-refractivity contribution >= 4 is 18.0 Å². The first-order chi connectivity index (χ1) is 8.56. The normalized spacial score (nSPS) is 10.8. The number of nitrogens with zero attached hydrogens (tertiary/aromatic N) is 2. The highest BCUT2D eigenvalue weighted by atomic mass is 16.7. The van der Waals surface area contributed by atoms with Gasteiger partial charge in [0.2, 0.25) is 0 Å². The first-order valence-electron chi connectivity index (χ1n) is 5.57. The van der Waals surface area contributed by atoms with Gasteiger partial charge in [0, 0.05) is 7.05 Å². The summed E-state index contributed by atoms with van der Waals surface area (Å²) in [4.78, 5) is 39.5. The summed E-state index contributed by atoms with van der Waals surface area (Å²) in [6.45, 7) is 3.87. The van der Waals surface area contributed by atoms with Gasteiger partial charge >= 0.3 is 12.1 Å². The number of carbonyl (C=O) groups is 3. The van der Waals surface area contributed by atoms with Crippen molar-refractivity contribution in [3.8, 4) is 0 Å². The Morgan fingerprint density at radius 1 is 1.16 bits per heavy atom. The molecule has 0 aromatic rings. The second-order valence-corrected chi connectivity index (χ2v) is 4.80.